The summed E-state index contributed by atoms with van der Waals surface area (Å²) in [5.41, 5.74) is 19.1. The van der Waals surface area contributed by atoms with E-state index < -0.39 is 0 Å². The molecule has 582 valence electrons. The van der Waals surface area contributed by atoms with Gasteiger partial charge in [-0.2, -0.15) is 0 Å². The largest absolute Gasteiger partial charge is 0.488 e. The highest BCUT2D eigenvalue weighted by Gasteiger charge is 2.64. The molecule has 108 heavy (non-hydrogen) atoms. The first kappa shape index (κ1) is 77.2. The van der Waals surface area contributed by atoms with Crippen molar-refractivity contribution < 1.29 is 43.4 Å². The number of hydrogen-bond donors (Lipinski definition) is 0. The summed E-state index contributed by atoms with van der Waals surface area (Å²) in [5.74, 6) is 3.51. The quantitative estimate of drug-likeness (QED) is 0.165. The minimum absolute atomic E-state index is 0.0154. The molecule has 22 rings (SSSR count). The maximum absolute atomic E-state index is 5.84. The van der Waals surface area contributed by atoms with Gasteiger partial charge in [0.05, 0.1) is 45.7 Å². The molecule has 9 aliphatic heterocycles. The number of ether oxygens (including phenoxy) is 1. The smallest absolute Gasteiger partial charge is 0.205 e. The Balaban J connectivity index is 0.000000104. The monoisotopic (exact) mass is 1470 g/mol. The topological polar surface area (TPSA) is 182 Å². The number of benzene rings is 4. The van der Waals surface area contributed by atoms with Gasteiger partial charge in [-0.3, -0.25) is 0 Å². The van der Waals surface area contributed by atoms with Crippen LogP contribution in [-0.4, -0.2) is 80.3 Å². The van der Waals surface area contributed by atoms with Crippen LogP contribution in [0.2, 0.25) is 0 Å². The summed E-state index contributed by atoms with van der Waals surface area (Å²) in [4.78, 5) is 45.0. The minimum Gasteiger partial charge on any atom is -0.488 e. The van der Waals surface area contributed by atoms with Crippen molar-refractivity contribution in [3.05, 3.63) is 136 Å². The zero-order chi connectivity index (χ0) is 75.6. The highest BCUT2D eigenvalue weighted by molar-refractivity contribution is 5.87. The van der Waals surface area contributed by atoms with Crippen LogP contribution in [0.15, 0.2) is 138 Å². The highest BCUT2D eigenvalue weighted by atomic mass is 16.7. The Kier molecular flexibility index (Phi) is 22.4. The Morgan fingerprint density at radius 1 is 0.333 bits per heavy atom. The third kappa shape index (κ3) is 16.2. The molecule has 9 heterocycles. The maximum atomic E-state index is 5.84. The van der Waals surface area contributed by atoms with Gasteiger partial charge in [0.1, 0.15) is 40.4 Å². The summed E-state index contributed by atoms with van der Waals surface area (Å²) >= 11 is 0. The van der Waals surface area contributed by atoms with Crippen LogP contribution in [0, 0.1) is 28.6 Å². The van der Waals surface area contributed by atoms with Crippen molar-refractivity contribution in [2.45, 2.75) is 340 Å². The third-order valence-electron chi connectivity index (χ3n) is 27.3. The summed E-state index contributed by atoms with van der Waals surface area (Å²) in [7, 11) is 0. The van der Waals surface area contributed by atoms with E-state index in [4.69, 9.17) is 43.4 Å². The first-order chi connectivity index (χ1) is 51.8. The lowest BCUT2D eigenvalue weighted by molar-refractivity contribution is -0.214. The lowest BCUT2D eigenvalue weighted by atomic mass is 9.43. The molecule has 0 amide bonds. The second-order valence-electron chi connectivity index (χ2n) is 37.0. The molecule has 6 saturated carbocycles. The van der Waals surface area contributed by atoms with Crippen molar-refractivity contribution in [3.63, 3.8) is 0 Å². The van der Waals surface area contributed by atoms with Gasteiger partial charge in [0, 0.05) is 85.8 Å². The van der Waals surface area contributed by atoms with E-state index in [2.05, 4.69) is 189 Å². The number of oxime groups is 8. The Morgan fingerprint density at radius 2 is 0.796 bits per heavy atom. The Bertz CT molecular complexity index is 4100. The van der Waals surface area contributed by atoms with Crippen LogP contribution in [0.4, 0.5) is 0 Å². The van der Waals surface area contributed by atoms with Gasteiger partial charge in [0.25, 0.3) is 0 Å². The third-order valence-corrected chi connectivity index (χ3v) is 27.3. The molecule has 18 aliphatic rings. The molecule has 2 bridgehead atoms. The summed E-state index contributed by atoms with van der Waals surface area (Å²) in [6.45, 7) is 28.7. The second kappa shape index (κ2) is 31.3. The molecule has 6 fully saturated rings. The Labute approximate surface area is 644 Å². The van der Waals surface area contributed by atoms with Gasteiger partial charge in [0.2, 0.25) is 5.60 Å². The van der Waals surface area contributed by atoms with Gasteiger partial charge < -0.3 is 43.4 Å². The van der Waals surface area contributed by atoms with Crippen molar-refractivity contribution >= 4 is 45.7 Å². The maximum Gasteiger partial charge on any atom is 0.205 e. The van der Waals surface area contributed by atoms with Crippen LogP contribution in [0.5, 0.6) is 5.75 Å². The number of para-hydroxylation sites is 1. The van der Waals surface area contributed by atoms with E-state index in [9.17, 15) is 0 Å². The predicted octanol–water partition coefficient (Wildman–Crippen LogP) is 21.7. The van der Waals surface area contributed by atoms with Crippen molar-refractivity contribution in [3.8, 4) is 5.75 Å². The first-order valence-corrected chi connectivity index (χ1v) is 41.5. The summed E-state index contributed by atoms with van der Waals surface area (Å²) < 4.78 is 5.59. The van der Waals surface area contributed by atoms with Crippen LogP contribution in [0.25, 0.3) is 0 Å². The first-order valence-electron chi connectivity index (χ1n) is 41.5. The average Bonchev–Trinajstić information content (AvgIpc) is 1.31. The van der Waals surface area contributed by atoms with Crippen LogP contribution in [-0.2, 0) is 81.2 Å². The number of rotatable bonds is 0. The molecular weight excluding hydrogens is 1350 g/mol. The lowest BCUT2D eigenvalue weighted by Gasteiger charge is -2.62. The molecule has 0 aromatic heterocycles. The SMILES string of the molecule is CC1=NOC2(CCC(C)CC2)C1.CC1=NOC2(CCCCC2)C1.CC1=NOC2(CCCCC2)C1.CC1=NO[C@]2(C1)c1ccccc1CC2(C)C.CC1=NO[C@]2(CCCc3ccccc32)C1.CC1=NO[C@]2(CC[C@H]3C[C@@H]2C3(C)C)C1.CC1=NO[C@]2(CCc3ccccc3C2)C1.CC1=NO[C@]2(COc3ccccc32)C1. The van der Waals surface area contributed by atoms with Crippen molar-refractivity contribution in [1.29, 1.82) is 0 Å². The molecule has 4 aromatic carbocycles. The van der Waals surface area contributed by atoms with E-state index >= 15 is 0 Å². The number of nitrogens with zero attached hydrogens (tertiary/aromatic N) is 8. The predicted molar refractivity (Wildman–Crippen MR) is 431 cm³/mol. The van der Waals surface area contributed by atoms with E-state index in [-0.39, 0.29) is 50.2 Å². The summed E-state index contributed by atoms with van der Waals surface area (Å²) in [6, 6.07) is 33.9. The van der Waals surface area contributed by atoms with Gasteiger partial charge in [-0.05, 0) is 236 Å². The number of aryl methyl sites for hydroxylation is 2. The van der Waals surface area contributed by atoms with E-state index in [1.165, 1.54) is 178 Å². The molecule has 4 aromatic rings. The van der Waals surface area contributed by atoms with Crippen LogP contribution in [0.1, 0.15) is 309 Å². The minimum atomic E-state index is -0.333. The van der Waals surface area contributed by atoms with Gasteiger partial charge in [-0.15, -0.1) is 0 Å². The van der Waals surface area contributed by atoms with Crippen LogP contribution in [0.3, 0.4) is 0 Å². The molecule has 0 N–H and O–H groups in total. The lowest BCUT2D eigenvalue weighted by Crippen LogP contribution is -2.61. The van der Waals surface area contributed by atoms with Gasteiger partial charge >= 0.3 is 0 Å². The molecule has 0 saturated heterocycles. The normalized spacial score (nSPS) is 31.2. The van der Waals surface area contributed by atoms with E-state index in [0.717, 1.165) is 135 Å². The van der Waals surface area contributed by atoms with Crippen LogP contribution >= 0.6 is 0 Å². The molecule has 0 radical (unpaired) electrons. The molecular formula is C91H124N8O9. The molecule has 8 spiro atoms. The highest BCUT2D eigenvalue weighted by Crippen LogP contribution is 2.66. The molecule has 9 aliphatic carbocycles. The zero-order valence-corrected chi connectivity index (χ0v) is 67.6. The number of fused-ring (bicyclic) bond motifs is 8. The van der Waals surface area contributed by atoms with Crippen molar-refractivity contribution in [1.82, 2.24) is 0 Å². The van der Waals surface area contributed by atoms with Gasteiger partial charge in [-0.1, -0.05) is 180 Å². The van der Waals surface area contributed by atoms with Gasteiger partial charge in [-0.25, -0.2) is 0 Å². The molecule has 7 atom stereocenters. The average molecular weight is 1470 g/mol. The second-order valence-corrected chi connectivity index (χ2v) is 37.0. The van der Waals surface area contributed by atoms with E-state index in [0.29, 0.717) is 12.0 Å². The molecule has 17 heteroatoms. The van der Waals surface area contributed by atoms with Crippen molar-refractivity contribution in [2.24, 2.45) is 69.8 Å². The zero-order valence-electron chi connectivity index (χ0n) is 67.6. The summed E-state index contributed by atoms with van der Waals surface area (Å²) in [5, 5.41) is 32.7. The van der Waals surface area contributed by atoms with Gasteiger partial charge in [0.15, 0.2) is 11.2 Å². The fourth-order valence-corrected chi connectivity index (χ4v) is 21.3. The van der Waals surface area contributed by atoms with E-state index in [1.807, 2.05) is 39.0 Å². The Hall–Kier alpha value is -7.56. The van der Waals surface area contributed by atoms with E-state index in [1.54, 1.807) is 0 Å². The fourth-order valence-electron chi connectivity index (χ4n) is 21.3. The van der Waals surface area contributed by atoms with Crippen molar-refractivity contribution in [2.75, 3.05) is 6.61 Å². The van der Waals surface area contributed by atoms with Crippen LogP contribution < -0.4 is 4.74 Å². The number of hydrogen-bond acceptors (Lipinski definition) is 17. The summed E-state index contributed by atoms with van der Waals surface area (Å²) in [6.07, 6.45) is 37.7. The Morgan fingerprint density at radius 3 is 1.31 bits per heavy atom. The molecule has 17 nitrogen and oxygen atoms in total. The standard InChI is InChI=1S/C14H17NO.2C13H15NO.C12H19NO.C11H11NO2.C10H17NO.2C9H15NO/c1-10-8-14(16-15-10)12-7-5-4-6-11(12)9-13(14,2)3;1-10-9-13(15-14-10)8-4-6-11-5-2-3-7-12(11)13;1-10-8-13(15-14-10)7-6-11-4-2-3-5-12(11)9-13;1-8-7-12(14-13-8)5-4-9-6-10(12)11(9,2)3;1-8-6-11(14-12-8)7-13-10-5-3-2-4-9(10)11;1-8-3-5-10(6-4-8)7-9(2)11-12-10;2*1-8-7-9(11-10-8)5-3-2-4-6-9/h4-7H,8-9H2,1-3H3;2-3,5,7H,4,6,8-9H2,1H3;2-5H,6-9H2,1H3;9-10H,4-7H2,1-3H3;2-5H,6-7H2,1H3;8H,3-7H2,1-2H3;2*2-7H2,1H3/t14-;2*13-;9-,10+,12+;11-;;;/m11100.../s1. The fraction of sp³-hybridized carbons (Fsp3) is 0.648. The molecule has 0 unspecified atom stereocenters.